The van der Waals surface area contributed by atoms with Crippen molar-refractivity contribution in [2.24, 2.45) is 5.41 Å². The summed E-state index contributed by atoms with van der Waals surface area (Å²) in [6, 6.07) is 4.19. The molecule has 1 aliphatic carbocycles. The molecular weight excluding hydrogens is 312 g/mol. The zero-order chi connectivity index (χ0) is 12.8. The quantitative estimate of drug-likeness (QED) is 0.867. The Morgan fingerprint density at radius 2 is 2.33 bits per heavy atom. The van der Waals surface area contributed by atoms with Gasteiger partial charge >= 0.3 is 0 Å². The van der Waals surface area contributed by atoms with Crippen molar-refractivity contribution in [2.45, 2.75) is 25.8 Å². The molecule has 0 spiro atoms. The van der Waals surface area contributed by atoms with E-state index in [9.17, 15) is 4.79 Å². The number of pyridine rings is 1. The molecule has 3 rings (SSSR count). The number of nitriles is 1. The molecule has 2 heterocycles. The van der Waals surface area contributed by atoms with Crippen LogP contribution < -0.4 is 5.56 Å². The third kappa shape index (κ3) is 1.90. The highest BCUT2D eigenvalue weighted by Gasteiger charge is 2.42. The van der Waals surface area contributed by atoms with E-state index in [4.69, 9.17) is 5.26 Å². The summed E-state index contributed by atoms with van der Waals surface area (Å²) in [5, 5.41) is 11.7. The van der Waals surface area contributed by atoms with Gasteiger partial charge in [0, 0.05) is 34.4 Å². The predicted octanol–water partition coefficient (Wildman–Crippen LogP) is 3.52. The number of fused-ring (bicyclic) bond motifs is 1. The lowest BCUT2D eigenvalue weighted by Gasteiger charge is -2.13. The molecule has 0 atom stereocenters. The fourth-order valence-corrected chi connectivity index (χ4v) is 3.84. The van der Waals surface area contributed by atoms with Crippen LogP contribution in [0.3, 0.4) is 0 Å². The highest BCUT2D eigenvalue weighted by Crippen LogP contribution is 2.49. The van der Waals surface area contributed by atoms with Crippen LogP contribution in [0.4, 0.5) is 0 Å². The van der Waals surface area contributed by atoms with Crippen LogP contribution in [0.1, 0.15) is 19.3 Å². The van der Waals surface area contributed by atoms with Crippen molar-refractivity contribution in [2.75, 3.05) is 0 Å². The van der Waals surface area contributed by atoms with E-state index in [-0.39, 0.29) is 11.0 Å². The number of nitrogens with zero attached hydrogens (tertiary/aromatic N) is 2. The van der Waals surface area contributed by atoms with E-state index in [1.807, 2.05) is 17.6 Å². The standard InChI is InChI=1S/C13H11BrN2OS/c14-10-7-16(8-13(2-3-13)4-5-15)12(17)11-9(10)1-6-18-11/h1,6-7H,2-4,8H2. The van der Waals surface area contributed by atoms with Crippen LogP contribution in [-0.2, 0) is 6.54 Å². The molecule has 1 aliphatic rings. The van der Waals surface area contributed by atoms with Crippen LogP contribution >= 0.6 is 27.3 Å². The minimum absolute atomic E-state index is 0.0446. The van der Waals surface area contributed by atoms with E-state index in [0.717, 1.165) is 27.4 Å². The van der Waals surface area contributed by atoms with Gasteiger partial charge in [-0.1, -0.05) is 0 Å². The van der Waals surface area contributed by atoms with E-state index < -0.39 is 0 Å². The molecule has 2 aromatic rings. The van der Waals surface area contributed by atoms with Crippen LogP contribution in [0.5, 0.6) is 0 Å². The molecule has 0 aromatic carbocycles. The van der Waals surface area contributed by atoms with Crippen molar-refractivity contribution in [3.8, 4) is 6.07 Å². The normalized spacial score (nSPS) is 16.7. The lowest BCUT2D eigenvalue weighted by Crippen LogP contribution is -2.24. The zero-order valence-electron chi connectivity index (χ0n) is 9.65. The fourth-order valence-electron chi connectivity index (χ4n) is 2.27. The van der Waals surface area contributed by atoms with Gasteiger partial charge in [0.05, 0.1) is 6.07 Å². The largest absolute Gasteiger partial charge is 0.313 e. The number of aromatic nitrogens is 1. The van der Waals surface area contributed by atoms with Gasteiger partial charge in [-0.3, -0.25) is 4.79 Å². The molecule has 3 nitrogen and oxygen atoms in total. The van der Waals surface area contributed by atoms with Crippen molar-refractivity contribution in [1.29, 1.82) is 5.26 Å². The molecule has 92 valence electrons. The average Bonchev–Trinajstić information content (AvgIpc) is 2.92. The predicted molar refractivity (Wildman–Crippen MR) is 75.7 cm³/mol. The van der Waals surface area contributed by atoms with Gasteiger partial charge in [-0.25, -0.2) is 0 Å². The summed E-state index contributed by atoms with van der Waals surface area (Å²) in [5.41, 5.74) is 0.107. The third-order valence-corrected chi connectivity index (χ3v) is 5.10. The highest BCUT2D eigenvalue weighted by molar-refractivity contribution is 9.10. The molecule has 2 aromatic heterocycles. The minimum atomic E-state index is 0.0446. The fraction of sp³-hybridized carbons (Fsp3) is 0.385. The SMILES string of the molecule is N#CCC1(Cn2cc(Br)c3ccsc3c2=O)CC1. The Morgan fingerprint density at radius 1 is 1.56 bits per heavy atom. The van der Waals surface area contributed by atoms with E-state index in [1.165, 1.54) is 11.3 Å². The van der Waals surface area contributed by atoms with Gasteiger partial charge in [0.1, 0.15) is 4.70 Å². The van der Waals surface area contributed by atoms with Crippen molar-refractivity contribution in [3.63, 3.8) is 0 Å². The van der Waals surface area contributed by atoms with E-state index in [0.29, 0.717) is 13.0 Å². The second-order valence-electron chi connectivity index (χ2n) is 4.91. The second kappa shape index (κ2) is 4.22. The Labute approximate surface area is 117 Å². The number of rotatable bonds is 3. The van der Waals surface area contributed by atoms with Crippen LogP contribution in [-0.4, -0.2) is 4.57 Å². The Morgan fingerprint density at radius 3 is 3.00 bits per heavy atom. The van der Waals surface area contributed by atoms with Crippen LogP contribution in [0, 0.1) is 16.7 Å². The van der Waals surface area contributed by atoms with Gasteiger partial charge in [-0.2, -0.15) is 5.26 Å². The first kappa shape index (κ1) is 11.9. The summed E-state index contributed by atoms with van der Waals surface area (Å²) < 4.78 is 3.50. The molecule has 5 heteroatoms. The van der Waals surface area contributed by atoms with Crippen LogP contribution in [0.15, 0.2) is 26.9 Å². The molecular formula is C13H11BrN2OS. The second-order valence-corrected chi connectivity index (χ2v) is 6.68. The van der Waals surface area contributed by atoms with Crippen molar-refractivity contribution < 1.29 is 0 Å². The molecule has 0 saturated heterocycles. The van der Waals surface area contributed by atoms with Gasteiger partial charge < -0.3 is 4.57 Å². The molecule has 0 N–H and O–H groups in total. The van der Waals surface area contributed by atoms with Gasteiger partial charge in [-0.05, 0) is 40.2 Å². The first-order valence-corrected chi connectivity index (χ1v) is 7.46. The smallest absolute Gasteiger partial charge is 0.268 e. The third-order valence-electron chi connectivity index (χ3n) is 3.56. The van der Waals surface area contributed by atoms with E-state index in [1.54, 1.807) is 4.57 Å². The maximum Gasteiger partial charge on any atom is 0.268 e. The summed E-state index contributed by atoms with van der Waals surface area (Å²) >= 11 is 4.98. The molecule has 0 amide bonds. The topological polar surface area (TPSA) is 45.8 Å². The number of hydrogen-bond donors (Lipinski definition) is 0. The van der Waals surface area contributed by atoms with Crippen LogP contribution in [0.25, 0.3) is 10.1 Å². The Hall–Kier alpha value is -1.12. The van der Waals surface area contributed by atoms with Gasteiger partial charge in [0.2, 0.25) is 0 Å². The molecule has 1 fully saturated rings. The maximum atomic E-state index is 12.3. The summed E-state index contributed by atoms with van der Waals surface area (Å²) in [5.74, 6) is 0. The monoisotopic (exact) mass is 322 g/mol. The zero-order valence-corrected chi connectivity index (χ0v) is 12.1. The molecule has 0 radical (unpaired) electrons. The van der Waals surface area contributed by atoms with Gasteiger partial charge in [-0.15, -0.1) is 11.3 Å². The van der Waals surface area contributed by atoms with Crippen molar-refractivity contribution in [1.82, 2.24) is 4.57 Å². The number of hydrogen-bond acceptors (Lipinski definition) is 3. The molecule has 0 bridgehead atoms. The minimum Gasteiger partial charge on any atom is -0.313 e. The Kier molecular flexibility index (Phi) is 2.80. The lowest BCUT2D eigenvalue weighted by atomic mass is 10.0. The number of halogens is 1. The maximum absolute atomic E-state index is 12.3. The molecule has 0 aliphatic heterocycles. The first-order valence-electron chi connectivity index (χ1n) is 5.78. The summed E-state index contributed by atoms with van der Waals surface area (Å²) in [6.45, 7) is 0.659. The highest BCUT2D eigenvalue weighted by atomic mass is 79.9. The Bertz CT molecular complexity index is 706. The van der Waals surface area contributed by atoms with Crippen LogP contribution in [0.2, 0.25) is 0 Å². The summed E-state index contributed by atoms with van der Waals surface area (Å²) in [4.78, 5) is 12.3. The van der Waals surface area contributed by atoms with E-state index in [2.05, 4.69) is 22.0 Å². The van der Waals surface area contributed by atoms with Crippen molar-refractivity contribution >= 4 is 37.4 Å². The van der Waals surface area contributed by atoms with Crippen molar-refractivity contribution in [3.05, 3.63) is 32.5 Å². The molecule has 1 saturated carbocycles. The summed E-state index contributed by atoms with van der Waals surface area (Å²) in [7, 11) is 0. The average molecular weight is 323 g/mol. The summed E-state index contributed by atoms with van der Waals surface area (Å²) in [6.07, 6.45) is 4.49. The van der Waals surface area contributed by atoms with Gasteiger partial charge in [0.15, 0.2) is 0 Å². The molecule has 18 heavy (non-hydrogen) atoms. The Balaban J connectivity index is 2.05. The van der Waals surface area contributed by atoms with E-state index >= 15 is 0 Å². The van der Waals surface area contributed by atoms with Gasteiger partial charge in [0.25, 0.3) is 5.56 Å². The first-order chi connectivity index (χ1) is 8.65. The molecule has 0 unspecified atom stereocenters. The lowest BCUT2D eigenvalue weighted by molar-refractivity contribution is 0.425. The number of thiophene rings is 1.